The van der Waals surface area contributed by atoms with Crippen molar-refractivity contribution in [1.82, 2.24) is 35.0 Å². The molecule has 0 unspecified atom stereocenters. The third-order valence-electron chi connectivity index (χ3n) is 6.77. The number of amides is 1. The number of carbonyl (C=O) groups is 1. The van der Waals surface area contributed by atoms with Crippen LogP contribution in [-0.4, -0.2) is 35.6 Å². The van der Waals surface area contributed by atoms with Crippen LogP contribution < -0.4 is 5.32 Å². The second-order valence-electron chi connectivity index (χ2n) is 9.14. The van der Waals surface area contributed by atoms with E-state index in [-0.39, 0.29) is 18.1 Å². The van der Waals surface area contributed by atoms with Gasteiger partial charge in [0.2, 0.25) is 0 Å². The van der Waals surface area contributed by atoms with Crippen molar-refractivity contribution in [2.24, 2.45) is 0 Å². The number of fused-ring (bicyclic) bond motifs is 1. The fraction of sp³-hybridized carbons (Fsp3) is 0.222. The van der Waals surface area contributed by atoms with Gasteiger partial charge in [0.25, 0.3) is 5.91 Å². The van der Waals surface area contributed by atoms with Gasteiger partial charge in [-0.2, -0.15) is 5.10 Å². The zero-order chi connectivity index (χ0) is 25.4. The van der Waals surface area contributed by atoms with E-state index < -0.39 is 11.7 Å². The Kier molecular flexibility index (Phi) is 5.91. The van der Waals surface area contributed by atoms with Gasteiger partial charge in [-0.05, 0) is 37.1 Å². The second kappa shape index (κ2) is 9.53. The summed E-state index contributed by atoms with van der Waals surface area (Å²) in [6.45, 7) is -0.0281. The lowest BCUT2D eigenvalue weighted by molar-refractivity contribution is 0.0947. The summed E-state index contributed by atoms with van der Waals surface area (Å²) in [6, 6.07) is 10.9. The molecule has 2 aromatic carbocycles. The summed E-state index contributed by atoms with van der Waals surface area (Å²) in [5.74, 6) is -0.0694. The predicted octanol–water partition coefficient (Wildman–Crippen LogP) is 5.07. The molecule has 1 saturated carbocycles. The smallest absolute Gasteiger partial charge is 0.272 e. The first kappa shape index (κ1) is 23.0. The zero-order valence-corrected chi connectivity index (χ0v) is 19.8. The van der Waals surface area contributed by atoms with Gasteiger partial charge in [0.1, 0.15) is 29.3 Å². The number of H-pyrrole nitrogens is 1. The normalized spacial score (nSPS) is 13.9. The highest BCUT2D eigenvalue weighted by Crippen LogP contribution is 2.33. The third kappa shape index (κ3) is 4.46. The summed E-state index contributed by atoms with van der Waals surface area (Å²) in [6.07, 6.45) is 8.99. The number of benzene rings is 2. The molecule has 0 saturated heterocycles. The minimum atomic E-state index is -0.459. The first-order chi connectivity index (χ1) is 18.1. The van der Waals surface area contributed by atoms with Crippen molar-refractivity contribution in [3.8, 4) is 16.8 Å². The van der Waals surface area contributed by atoms with E-state index in [9.17, 15) is 9.18 Å². The fourth-order valence-electron chi connectivity index (χ4n) is 4.81. The molecular formula is C27H23F2N7O. The molecule has 1 fully saturated rings. The minimum absolute atomic E-state index is 0.0281. The highest BCUT2D eigenvalue weighted by Gasteiger charge is 2.23. The number of carbonyl (C=O) groups excluding carboxylic acids is 1. The SMILES string of the molecule is O=C(NCc1cccc(-c2cnn(-c3ccc(F)cc3)c2)c1F)c1ncnc2nc(C3CCCC3)[nH]c12. The quantitative estimate of drug-likeness (QED) is 0.340. The summed E-state index contributed by atoms with van der Waals surface area (Å²) in [5, 5.41) is 7.04. The van der Waals surface area contributed by atoms with Crippen molar-refractivity contribution in [2.75, 3.05) is 0 Å². The fourth-order valence-corrected chi connectivity index (χ4v) is 4.81. The average molecular weight is 500 g/mol. The number of nitrogens with one attached hydrogen (secondary N) is 2. The third-order valence-corrected chi connectivity index (χ3v) is 6.77. The highest BCUT2D eigenvalue weighted by atomic mass is 19.1. The van der Waals surface area contributed by atoms with Crippen molar-refractivity contribution >= 4 is 17.1 Å². The van der Waals surface area contributed by atoms with E-state index in [1.807, 2.05) is 0 Å². The molecule has 186 valence electrons. The lowest BCUT2D eigenvalue weighted by Crippen LogP contribution is -2.24. The number of aromatic nitrogens is 6. The molecule has 3 aromatic heterocycles. The van der Waals surface area contributed by atoms with Crippen molar-refractivity contribution in [3.05, 3.63) is 89.9 Å². The molecule has 1 aliphatic rings. The van der Waals surface area contributed by atoms with Crippen molar-refractivity contribution in [3.63, 3.8) is 0 Å². The number of hydrogen-bond donors (Lipinski definition) is 2. The van der Waals surface area contributed by atoms with Gasteiger partial charge in [0.15, 0.2) is 11.3 Å². The van der Waals surface area contributed by atoms with Crippen LogP contribution in [0.3, 0.4) is 0 Å². The molecule has 37 heavy (non-hydrogen) atoms. The van der Waals surface area contributed by atoms with Gasteiger partial charge < -0.3 is 10.3 Å². The van der Waals surface area contributed by atoms with Gasteiger partial charge in [-0.3, -0.25) is 4.79 Å². The molecule has 2 N–H and O–H groups in total. The maximum absolute atomic E-state index is 15.4. The molecule has 0 spiro atoms. The molecule has 0 atom stereocenters. The van der Waals surface area contributed by atoms with E-state index >= 15 is 4.39 Å². The standard InChI is InChI=1S/C27H23F2N7O/c28-19-8-10-20(11-9-19)36-14-18(13-33-36)21-7-3-6-17(22(21)29)12-30-27(37)24-23-26(32-15-31-24)35-25(34-23)16-4-1-2-5-16/h3,6-11,13-16H,1-2,4-5,12H2,(H,30,37)(H,31,32,34,35). The molecule has 8 nitrogen and oxygen atoms in total. The van der Waals surface area contributed by atoms with Crippen LogP contribution in [-0.2, 0) is 6.54 Å². The van der Waals surface area contributed by atoms with Crippen LogP contribution in [0.1, 0.15) is 53.5 Å². The monoisotopic (exact) mass is 499 g/mol. The van der Waals surface area contributed by atoms with Crippen LogP contribution in [0.5, 0.6) is 0 Å². The summed E-state index contributed by atoms with van der Waals surface area (Å²) in [4.78, 5) is 29.2. The van der Waals surface area contributed by atoms with Crippen LogP contribution >= 0.6 is 0 Å². The van der Waals surface area contributed by atoms with E-state index in [2.05, 4.69) is 30.4 Å². The maximum Gasteiger partial charge on any atom is 0.272 e. The molecule has 0 aliphatic heterocycles. The molecular weight excluding hydrogens is 476 g/mol. The topological polar surface area (TPSA) is 101 Å². The summed E-state index contributed by atoms with van der Waals surface area (Å²) < 4.78 is 30.2. The molecule has 5 aromatic rings. The Labute approximate surface area is 210 Å². The van der Waals surface area contributed by atoms with E-state index in [1.165, 1.54) is 31.3 Å². The maximum atomic E-state index is 15.4. The average Bonchev–Trinajstić information content (AvgIpc) is 3.69. The number of imidazole rings is 1. The number of aromatic amines is 1. The number of nitrogens with zero attached hydrogens (tertiary/aromatic N) is 5. The van der Waals surface area contributed by atoms with Gasteiger partial charge in [-0.25, -0.2) is 28.4 Å². The number of rotatable bonds is 6. The lowest BCUT2D eigenvalue weighted by atomic mass is 10.0. The first-order valence-electron chi connectivity index (χ1n) is 12.1. The highest BCUT2D eigenvalue weighted by molar-refractivity contribution is 6.02. The minimum Gasteiger partial charge on any atom is -0.346 e. The Balaban J connectivity index is 1.21. The Morgan fingerprint density at radius 2 is 1.89 bits per heavy atom. The zero-order valence-electron chi connectivity index (χ0n) is 19.8. The first-order valence-corrected chi connectivity index (χ1v) is 12.1. The summed E-state index contributed by atoms with van der Waals surface area (Å²) in [7, 11) is 0. The van der Waals surface area contributed by atoms with Crippen LogP contribution in [0.2, 0.25) is 0 Å². The number of halogens is 2. The lowest BCUT2D eigenvalue weighted by Gasteiger charge is -2.09. The summed E-state index contributed by atoms with van der Waals surface area (Å²) >= 11 is 0. The molecule has 1 aliphatic carbocycles. The molecule has 0 radical (unpaired) electrons. The Hall–Kier alpha value is -4.47. The van der Waals surface area contributed by atoms with Crippen LogP contribution in [0, 0.1) is 11.6 Å². The van der Waals surface area contributed by atoms with Gasteiger partial charge in [0, 0.05) is 35.3 Å². The van der Waals surface area contributed by atoms with Crippen LogP contribution in [0.15, 0.2) is 61.2 Å². The molecule has 6 rings (SSSR count). The largest absolute Gasteiger partial charge is 0.346 e. The predicted molar refractivity (Wildman–Crippen MR) is 133 cm³/mol. The van der Waals surface area contributed by atoms with E-state index in [0.717, 1.165) is 18.7 Å². The van der Waals surface area contributed by atoms with Crippen molar-refractivity contribution in [2.45, 2.75) is 38.1 Å². The van der Waals surface area contributed by atoms with Crippen LogP contribution in [0.4, 0.5) is 8.78 Å². The van der Waals surface area contributed by atoms with E-state index in [4.69, 9.17) is 0 Å². The van der Waals surface area contributed by atoms with Crippen LogP contribution in [0.25, 0.3) is 28.0 Å². The Bertz CT molecular complexity index is 1590. The van der Waals surface area contributed by atoms with Gasteiger partial charge in [0.05, 0.1) is 11.9 Å². The number of hydrogen-bond acceptors (Lipinski definition) is 5. The molecule has 0 bridgehead atoms. The van der Waals surface area contributed by atoms with Crippen molar-refractivity contribution < 1.29 is 13.6 Å². The van der Waals surface area contributed by atoms with E-state index in [1.54, 1.807) is 47.4 Å². The van der Waals surface area contributed by atoms with Gasteiger partial charge >= 0.3 is 0 Å². The van der Waals surface area contributed by atoms with E-state index in [0.29, 0.717) is 39.5 Å². The Morgan fingerprint density at radius 1 is 1.08 bits per heavy atom. The molecule has 3 heterocycles. The van der Waals surface area contributed by atoms with Crippen molar-refractivity contribution in [1.29, 1.82) is 0 Å². The molecule has 1 amide bonds. The second-order valence-corrected chi connectivity index (χ2v) is 9.14. The summed E-state index contributed by atoms with van der Waals surface area (Å²) in [5.41, 5.74) is 3.00. The Morgan fingerprint density at radius 3 is 2.70 bits per heavy atom. The molecule has 10 heteroatoms. The van der Waals surface area contributed by atoms with Gasteiger partial charge in [-0.1, -0.05) is 31.0 Å². The van der Waals surface area contributed by atoms with Gasteiger partial charge in [-0.15, -0.1) is 0 Å².